The van der Waals surface area contributed by atoms with Gasteiger partial charge in [-0.15, -0.1) is 11.3 Å². The van der Waals surface area contributed by atoms with E-state index in [-0.39, 0.29) is 22.7 Å². The van der Waals surface area contributed by atoms with Crippen LogP contribution in [0.5, 0.6) is 5.75 Å². The van der Waals surface area contributed by atoms with Crippen LogP contribution in [0.2, 0.25) is 0 Å². The lowest BCUT2D eigenvalue weighted by atomic mass is 10.1. The van der Waals surface area contributed by atoms with Crippen LogP contribution in [0.1, 0.15) is 36.7 Å². The van der Waals surface area contributed by atoms with Gasteiger partial charge in [-0.05, 0) is 37.1 Å². The fourth-order valence-corrected chi connectivity index (χ4v) is 6.33. The number of imide groups is 1. The predicted molar refractivity (Wildman–Crippen MR) is 143 cm³/mol. The molecule has 0 aliphatic heterocycles. The Balaban J connectivity index is 1.67. The van der Waals surface area contributed by atoms with Gasteiger partial charge in [-0.25, -0.2) is 27.1 Å². The van der Waals surface area contributed by atoms with Crippen LogP contribution in [-0.4, -0.2) is 39.4 Å². The molecule has 11 heteroatoms. The molecule has 1 aliphatic carbocycles. The molecule has 0 saturated heterocycles. The Morgan fingerprint density at radius 1 is 1.24 bits per heavy atom. The molecule has 0 radical (unpaired) electrons. The number of ether oxygens (including phenoxy) is 1. The molecule has 0 bridgehead atoms. The van der Waals surface area contributed by atoms with Crippen LogP contribution in [-0.2, 0) is 28.0 Å². The maximum atomic E-state index is 13.9. The zero-order valence-electron chi connectivity index (χ0n) is 20.5. The van der Waals surface area contributed by atoms with Crippen molar-refractivity contribution in [2.24, 2.45) is 5.41 Å². The van der Waals surface area contributed by atoms with Crippen molar-refractivity contribution in [2.45, 2.75) is 37.8 Å². The Bertz CT molecular complexity index is 1640. The van der Waals surface area contributed by atoms with Gasteiger partial charge in [-0.2, -0.15) is 0 Å². The first-order valence-corrected chi connectivity index (χ1v) is 14.2. The lowest BCUT2D eigenvalue weighted by molar-refractivity contribution is -0.134. The van der Waals surface area contributed by atoms with Crippen LogP contribution < -0.4 is 4.74 Å². The highest BCUT2D eigenvalue weighted by Crippen LogP contribution is 2.47. The van der Waals surface area contributed by atoms with Crippen molar-refractivity contribution in [3.8, 4) is 5.75 Å². The van der Waals surface area contributed by atoms with Crippen molar-refractivity contribution >= 4 is 50.3 Å². The first-order valence-electron chi connectivity index (χ1n) is 11.8. The number of benzene rings is 2. The Hall–Kier alpha value is -3.96. The molecule has 2 heterocycles. The van der Waals surface area contributed by atoms with Gasteiger partial charge in [0.2, 0.25) is 5.91 Å². The molecule has 2 aromatic carbocycles. The molecule has 9 nitrogen and oxygen atoms in total. The van der Waals surface area contributed by atoms with Crippen LogP contribution in [0, 0.1) is 5.41 Å². The average molecular weight is 552 g/mol. The van der Waals surface area contributed by atoms with E-state index in [0.29, 0.717) is 34.4 Å². The lowest BCUT2D eigenvalue weighted by Crippen LogP contribution is -2.40. The third-order valence-corrected chi connectivity index (χ3v) is 9.05. The van der Waals surface area contributed by atoms with Gasteiger partial charge < -0.3 is 9.84 Å². The summed E-state index contributed by atoms with van der Waals surface area (Å²) in [4.78, 5) is 30.1. The molecular formula is C27H25N3O6S2. The Morgan fingerprint density at radius 2 is 1.97 bits per heavy atom. The summed E-state index contributed by atoms with van der Waals surface area (Å²) in [6.07, 6.45) is 1.34. The van der Waals surface area contributed by atoms with E-state index in [2.05, 4.69) is 11.6 Å². The fourth-order valence-electron chi connectivity index (χ4n) is 4.24. The van der Waals surface area contributed by atoms with E-state index in [9.17, 15) is 23.1 Å². The highest BCUT2D eigenvalue weighted by molar-refractivity contribution is 7.90. The summed E-state index contributed by atoms with van der Waals surface area (Å²) in [5, 5.41) is 12.3. The van der Waals surface area contributed by atoms with Crippen molar-refractivity contribution in [2.75, 3.05) is 0 Å². The molecule has 0 atom stereocenters. The Kier molecular flexibility index (Phi) is 6.58. The second-order valence-corrected chi connectivity index (χ2v) is 11.9. The van der Waals surface area contributed by atoms with E-state index in [0.717, 1.165) is 9.67 Å². The Morgan fingerprint density at radius 3 is 2.58 bits per heavy atom. The van der Waals surface area contributed by atoms with Gasteiger partial charge in [0.15, 0.2) is 0 Å². The Labute approximate surface area is 223 Å². The predicted octanol–water partition coefficient (Wildman–Crippen LogP) is 5.36. The second kappa shape index (κ2) is 9.73. The SMILES string of the molecule is C=Cc1cc2cc(CN(C(=O)O)C(=O)C3(C)CC3)n(S(=O)(=O)c3ccccc3)c2cc1OCc1cscn1. The van der Waals surface area contributed by atoms with Crippen LogP contribution in [0.3, 0.4) is 0 Å². The van der Waals surface area contributed by atoms with E-state index < -0.39 is 34.0 Å². The number of fused-ring (bicyclic) bond motifs is 1. The molecular weight excluding hydrogens is 526 g/mol. The first-order chi connectivity index (χ1) is 18.1. The number of carbonyl (C=O) groups excluding carboxylic acids is 1. The number of thiazole rings is 1. The second-order valence-electron chi connectivity index (χ2n) is 9.37. The minimum atomic E-state index is -4.17. The van der Waals surface area contributed by atoms with E-state index in [1.807, 2.05) is 5.38 Å². The summed E-state index contributed by atoms with van der Waals surface area (Å²) in [6.45, 7) is 5.31. The normalized spacial score (nSPS) is 14.2. The minimum Gasteiger partial charge on any atom is -0.487 e. The number of aromatic nitrogens is 2. The number of hydrogen-bond acceptors (Lipinski definition) is 7. The summed E-state index contributed by atoms with van der Waals surface area (Å²) in [5.74, 6) is -0.149. The molecule has 0 unspecified atom stereocenters. The third kappa shape index (κ3) is 4.70. The monoisotopic (exact) mass is 551 g/mol. The van der Waals surface area contributed by atoms with Gasteiger partial charge in [0.05, 0.1) is 33.9 Å². The highest BCUT2D eigenvalue weighted by Gasteiger charge is 2.49. The fraction of sp³-hybridized carbons (Fsp3) is 0.222. The van der Waals surface area contributed by atoms with Crippen molar-refractivity contribution in [1.29, 1.82) is 0 Å². The van der Waals surface area contributed by atoms with Crippen molar-refractivity contribution in [3.63, 3.8) is 0 Å². The van der Waals surface area contributed by atoms with Gasteiger partial charge in [-0.3, -0.25) is 4.79 Å². The number of hydrogen-bond donors (Lipinski definition) is 1. The van der Waals surface area contributed by atoms with Crippen LogP contribution in [0.15, 0.2) is 70.9 Å². The highest BCUT2D eigenvalue weighted by atomic mass is 32.2. The summed E-state index contributed by atoms with van der Waals surface area (Å²) in [7, 11) is -4.17. The van der Waals surface area contributed by atoms with E-state index in [1.165, 1.54) is 23.5 Å². The molecule has 1 N–H and O–H groups in total. The summed E-state index contributed by atoms with van der Waals surface area (Å²) < 4.78 is 34.9. The molecule has 2 aromatic heterocycles. The summed E-state index contributed by atoms with van der Waals surface area (Å²) in [6, 6.07) is 12.8. The van der Waals surface area contributed by atoms with Gasteiger partial charge in [0, 0.05) is 27.8 Å². The third-order valence-electron chi connectivity index (χ3n) is 6.63. The number of carbonyl (C=O) groups is 2. The van der Waals surface area contributed by atoms with Gasteiger partial charge in [-0.1, -0.05) is 37.8 Å². The van der Waals surface area contributed by atoms with E-state index >= 15 is 0 Å². The molecule has 1 fully saturated rings. The van der Waals surface area contributed by atoms with E-state index in [4.69, 9.17) is 4.74 Å². The smallest absolute Gasteiger partial charge is 0.414 e. The van der Waals surface area contributed by atoms with E-state index in [1.54, 1.807) is 54.9 Å². The maximum Gasteiger partial charge on any atom is 0.414 e. The number of carboxylic acid groups (broad SMARTS) is 1. The van der Waals surface area contributed by atoms with Crippen molar-refractivity contribution in [3.05, 3.63) is 83.0 Å². The molecule has 38 heavy (non-hydrogen) atoms. The molecule has 5 rings (SSSR count). The molecule has 4 aromatic rings. The molecule has 1 aliphatic rings. The summed E-state index contributed by atoms with van der Waals surface area (Å²) >= 11 is 1.44. The average Bonchev–Trinajstić information content (AvgIpc) is 3.28. The quantitative estimate of drug-likeness (QED) is 0.297. The molecule has 196 valence electrons. The number of rotatable bonds is 9. The number of nitrogens with zero attached hydrogens (tertiary/aromatic N) is 3. The number of amides is 2. The maximum absolute atomic E-state index is 13.9. The van der Waals surface area contributed by atoms with Gasteiger partial charge in [0.1, 0.15) is 12.4 Å². The molecule has 2 amide bonds. The molecule has 0 spiro atoms. The lowest BCUT2D eigenvalue weighted by Gasteiger charge is -2.22. The summed E-state index contributed by atoms with van der Waals surface area (Å²) in [5.41, 5.74) is 2.72. The topological polar surface area (TPSA) is 119 Å². The minimum absolute atomic E-state index is 0.0267. The van der Waals surface area contributed by atoms with Gasteiger partial charge in [0.25, 0.3) is 10.0 Å². The van der Waals surface area contributed by atoms with Crippen LogP contribution in [0.4, 0.5) is 4.79 Å². The molecule has 1 saturated carbocycles. The standard InChI is InChI=1S/C27H25N3O6S2/c1-3-18-11-19-12-21(14-29(26(32)33)25(31)27(2)9-10-27)30(38(34,35)22-7-5-4-6-8-22)23(19)13-24(18)36-15-20-16-37-17-28-20/h3-8,11-13,16-17H,1,9-10,14-15H2,2H3,(H,32,33). The first kappa shape index (κ1) is 25.7. The zero-order chi connectivity index (χ0) is 27.1. The van der Waals surface area contributed by atoms with Gasteiger partial charge >= 0.3 is 6.09 Å². The van der Waals surface area contributed by atoms with Crippen molar-refractivity contribution in [1.82, 2.24) is 13.9 Å². The zero-order valence-corrected chi connectivity index (χ0v) is 22.2. The largest absolute Gasteiger partial charge is 0.487 e. The van der Waals surface area contributed by atoms with Crippen molar-refractivity contribution < 1.29 is 27.9 Å². The van der Waals surface area contributed by atoms with Crippen LogP contribution >= 0.6 is 11.3 Å². The van der Waals surface area contributed by atoms with Crippen LogP contribution in [0.25, 0.3) is 17.0 Å².